The third-order valence-electron chi connectivity index (χ3n) is 5.50. The number of aromatic nitrogens is 1. The molecule has 1 saturated heterocycles. The molecule has 0 unspecified atom stereocenters. The Hall–Kier alpha value is -2.32. The summed E-state index contributed by atoms with van der Waals surface area (Å²) in [4.78, 5) is 4.71. The number of nitrogens with zero attached hydrogens (tertiary/aromatic N) is 1. The normalized spacial score (nSPS) is 20.4. The number of morpholine rings is 1. The molecule has 3 aromatic rings. The summed E-state index contributed by atoms with van der Waals surface area (Å²) in [6, 6.07) is 14.9. The minimum atomic E-state index is -4.31. The standard InChI is InChI=1S/C15H20NO3.C9H5F3N.Mn/c1-11-9-16(5-6-18-11)13-7-12-3-4-14(17-2)8-15(12)19-10-13;10-9(11,12)8-5-6-3-1-2-4-7(6)13-8;/h3-4,7-8,11,13H,5-6,9-10H2,1-2H3;1-2,4-5,13H;/q2*-1;+2/t11-,13-;;/m1../s1. The van der Waals surface area contributed by atoms with Crippen LogP contribution in [0.5, 0.6) is 11.5 Å². The van der Waals surface area contributed by atoms with Crippen LogP contribution in [0.1, 0.15) is 18.2 Å². The monoisotopic (exact) mass is 501 g/mol. The van der Waals surface area contributed by atoms with Crippen molar-refractivity contribution in [2.75, 3.05) is 33.4 Å². The number of nitrogens with one attached hydrogen (secondary N) is 1. The summed E-state index contributed by atoms with van der Waals surface area (Å²) in [7, 11) is 1.67. The summed E-state index contributed by atoms with van der Waals surface area (Å²) < 4.78 is 53.2. The molecule has 2 aliphatic rings. The third-order valence-corrected chi connectivity index (χ3v) is 5.50. The molecule has 0 aliphatic carbocycles. The predicted molar refractivity (Wildman–Crippen MR) is 115 cm³/mol. The molecule has 3 heterocycles. The van der Waals surface area contributed by atoms with E-state index in [0.717, 1.165) is 42.8 Å². The van der Waals surface area contributed by atoms with Crippen molar-refractivity contribution in [2.45, 2.75) is 25.2 Å². The zero-order chi connectivity index (χ0) is 22.7. The molecule has 0 bridgehead atoms. The molecule has 5 rings (SSSR count). The maximum Gasteiger partial charge on any atom is 2.00 e. The van der Waals surface area contributed by atoms with Gasteiger partial charge in [-0.1, -0.05) is 6.07 Å². The van der Waals surface area contributed by atoms with Gasteiger partial charge in [0, 0.05) is 24.9 Å². The molecule has 2 aromatic carbocycles. The van der Waals surface area contributed by atoms with Gasteiger partial charge in [0.1, 0.15) is 0 Å². The first-order valence-corrected chi connectivity index (χ1v) is 10.4. The van der Waals surface area contributed by atoms with Crippen LogP contribution in [-0.2, 0) is 28.0 Å². The molecular formula is C24H25F3MnN2O3. The number of ether oxygens (including phenoxy) is 3. The predicted octanol–water partition coefficient (Wildman–Crippen LogP) is 4.71. The second-order valence-corrected chi connectivity index (χ2v) is 7.80. The third kappa shape index (κ3) is 6.18. The van der Waals surface area contributed by atoms with Crippen LogP contribution in [0.15, 0.2) is 42.5 Å². The first-order valence-electron chi connectivity index (χ1n) is 10.4. The smallest absolute Gasteiger partial charge is 0.549 e. The Morgan fingerprint density at radius 3 is 2.76 bits per heavy atom. The molecular weight excluding hydrogens is 476 g/mol. The topological polar surface area (TPSA) is 46.7 Å². The van der Waals surface area contributed by atoms with Crippen molar-refractivity contribution < 1.29 is 44.5 Å². The molecule has 177 valence electrons. The van der Waals surface area contributed by atoms with Gasteiger partial charge in [0.25, 0.3) is 0 Å². The number of benzene rings is 2. The number of H-pyrrole nitrogens is 1. The van der Waals surface area contributed by atoms with Crippen LogP contribution in [0.25, 0.3) is 10.9 Å². The summed E-state index contributed by atoms with van der Waals surface area (Å²) >= 11 is 0. The van der Waals surface area contributed by atoms with E-state index >= 15 is 0 Å². The van der Waals surface area contributed by atoms with Crippen molar-refractivity contribution in [3.8, 4) is 11.5 Å². The summed E-state index contributed by atoms with van der Waals surface area (Å²) in [5.41, 5.74) is 0.871. The summed E-state index contributed by atoms with van der Waals surface area (Å²) in [6.45, 7) is 5.57. The van der Waals surface area contributed by atoms with Crippen LogP contribution < -0.4 is 9.47 Å². The van der Waals surface area contributed by atoms with Crippen molar-refractivity contribution in [3.63, 3.8) is 0 Å². The fourth-order valence-electron chi connectivity index (χ4n) is 3.85. The fraction of sp³-hybridized carbons (Fsp3) is 0.375. The average molecular weight is 501 g/mol. The van der Waals surface area contributed by atoms with Crippen molar-refractivity contribution >= 4 is 10.9 Å². The van der Waals surface area contributed by atoms with Gasteiger partial charge in [0.2, 0.25) is 0 Å². The number of methoxy groups -OCH3 is 1. The largest absolute Gasteiger partial charge is 2.00 e. The fourth-order valence-corrected chi connectivity index (χ4v) is 3.85. The molecule has 0 saturated carbocycles. The van der Waals surface area contributed by atoms with Crippen LogP contribution in [0.3, 0.4) is 0 Å². The Labute approximate surface area is 201 Å². The van der Waals surface area contributed by atoms with Gasteiger partial charge in [0.05, 0.1) is 37.9 Å². The minimum absolute atomic E-state index is 0. The first-order chi connectivity index (χ1) is 15.3. The molecule has 1 radical (unpaired) electrons. The van der Waals surface area contributed by atoms with E-state index in [9.17, 15) is 13.2 Å². The van der Waals surface area contributed by atoms with Gasteiger partial charge in [-0.2, -0.15) is 25.7 Å². The first kappa shape index (κ1) is 25.3. The van der Waals surface area contributed by atoms with Gasteiger partial charge in [-0.3, -0.25) is 4.90 Å². The number of fused-ring (bicyclic) bond motifs is 2. The quantitative estimate of drug-likeness (QED) is 0.408. The van der Waals surface area contributed by atoms with E-state index in [-0.39, 0.29) is 17.1 Å². The molecule has 1 N–H and O–H groups in total. The van der Waals surface area contributed by atoms with Crippen molar-refractivity contribution in [3.05, 3.63) is 66.2 Å². The van der Waals surface area contributed by atoms with Gasteiger partial charge in [-0.15, -0.1) is 41.3 Å². The van der Waals surface area contributed by atoms with Crippen molar-refractivity contribution in [2.24, 2.45) is 0 Å². The molecule has 2 atom stereocenters. The number of alkyl halides is 3. The Morgan fingerprint density at radius 1 is 1.24 bits per heavy atom. The van der Waals surface area contributed by atoms with Gasteiger partial charge < -0.3 is 19.2 Å². The number of hydrogen-bond acceptors (Lipinski definition) is 4. The summed E-state index contributed by atoms with van der Waals surface area (Å²) in [5.74, 6) is 1.75. The van der Waals surface area contributed by atoms with E-state index in [2.05, 4.69) is 35.4 Å². The molecule has 2 aliphatic heterocycles. The number of rotatable bonds is 2. The number of aromatic amines is 1. The van der Waals surface area contributed by atoms with Crippen LogP contribution in [0.2, 0.25) is 0 Å². The van der Waals surface area contributed by atoms with Gasteiger partial charge in [-0.25, -0.2) is 0 Å². The summed E-state index contributed by atoms with van der Waals surface area (Å²) in [6.07, 6.45) is -1.72. The van der Waals surface area contributed by atoms with Crippen LogP contribution >= 0.6 is 0 Å². The Balaban J connectivity index is 0.000000192. The SMILES string of the molecule is COc1ccc2c(c1)OC[C@H](N1CCO[C@H](C)C1)[CH-]2.FC(F)(F)c1cc2[c-]cccc2[nH]1.[Mn+2]. The maximum atomic E-state index is 12.2. The van der Waals surface area contributed by atoms with Gasteiger partial charge >= 0.3 is 23.2 Å². The van der Waals surface area contributed by atoms with E-state index < -0.39 is 11.9 Å². The Kier molecular flexibility index (Phi) is 8.23. The molecule has 9 heteroatoms. The minimum Gasteiger partial charge on any atom is -0.549 e. The van der Waals surface area contributed by atoms with Crippen LogP contribution in [-0.4, -0.2) is 55.4 Å². The molecule has 33 heavy (non-hydrogen) atoms. The zero-order valence-electron chi connectivity index (χ0n) is 18.3. The van der Waals surface area contributed by atoms with E-state index in [0.29, 0.717) is 29.7 Å². The van der Waals surface area contributed by atoms with Crippen molar-refractivity contribution in [1.82, 2.24) is 9.88 Å². The second-order valence-electron chi connectivity index (χ2n) is 7.80. The average Bonchev–Trinajstić information content (AvgIpc) is 3.24. The molecule has 5 nitrogen and oxygen atoms in total. The molecule has 0 amide bonds. The van der Waals surface area contributed by atoms with Crippen LogP contribution in [0.4, 0.5) is 13.2 Å². The molecule has 0 spiro atoms. The molecule has 1 fully saturated rings. The van der Waals surface area contributed by atoms with E-state index in [4.69, 9.17) is 14.2 Å². The Bertz CT molecular complexity index is 1020. The second kappa shape index (κ2) is 10.7. The van der Waals surface area contributed by atoms with Crippen molar-refractivity contribution in [1.29, 1.82) is 0 Å². The van der Waals surface area contributed by atoms with Gasteiger partial charge in [-0.05, 0) is 18.5 Å². The molecule has 1 aromatic heterocycles. The van der Waals surface area contributed by atoms with E-state index in [1.165, 1.54) is 0 Å². The summed E-state index contributed by atoms with van der Waals surface area (Å²) in [5, 5.41) is 0.454. The van der Waals surface area contributed by atoms with Crippen LogP contribution in [0, 0.1) is 12.5 Å². The van der Waals surface area contributed by atoms with E-state index in [1.807, 2.05) is 12.1 Å². The van der Waals surface area contributed by atoms with Gasteiger partial charge in [0.15, 0.2) is 0 Å². The zero-order valence-corrected chi connectivity index (χ0v) is 19.5. The number of halogens is 3. The van der Waals surface area contributed by atoms with E-state index in [1.54, 1.807) is 25.3 Å². The maximum absolute atomic E-state index is 12.2. The number of hydrogen-bond donors (Lipinski definition) is 1. The Morgan fingerprint density at radius 2 is 2.06 bits per heavy atom.